The van der Waals surface area contributed by atoms with Crippen molar-refractivity contribution in [2.24, 2.45) is 0 Å². The smallest absolute Gasteiger partial charge is 0.573 e. The Bertz CT molecular complexity index is 910. The molecule has 2 aromatic rings. The molecule has 120 valence electrons. The molecule has 0 atom stereocenters. The number of benzene rings is 2. The minimum absolute atomic E-state index is 0.0321. The van der Waals surface area contributed by atoms with E-state index in [2.05, 4.69) is 4.74 Å². The van der Waals surface area contributed by atoms with Gasteiger partial charge >= 0.3 is 6.36 Å². The van der Waals surface area contributed by atoms with Crippen LogP contribution < -0.4 is 4.74 Å². The number of carbonyl (C=O) groups excluding carboxylic acids is 1. The number of halogens is 3. The van der Waals surface area contributed by atoms with E-state index in [1.165, 1.54) is 30.3 Å². The molecule has 2 aromatic carbocycles. The molecule has 0 amide bonds. The monoisotopic (exact) mass is 332 g/mol. The van der Waals surface area contributed by atoms with Gasteiger partial charge in [0.2, 0.25) is 5.69 Å². The minimum Gasteiger partial charge on any atom is -0.618 e. The molecule has 1 heterocycles. The second kappa shape index (κ2) is 5.38. The summed E-state index contributed by atoms with van der Waals surface area (Å²) in [5.74, 6) is -1.02. The van der Waals surface area contributed by atoms with E-state index < -0.39 is 17.9 Å². The highest BCUT2D eigenvalue weighted by atomic mass is 19.4. The van der Waals surface area contributed by atoms with Gasteiger partial charge in [-0.05, 0) is 36.4 Å². The van der Waals surface area contributed by atoms with Gasteiger partial charge in [0.1, 0.15) is 11.3 Å². The van der Waals surface area contributed by atoms with Crippen LogP contribution in [0.2, 0.25) is 0 Å². The lowest BCUT2D eigenvalue weighted by atomic mass is 10.0. The van der Waals surface area contributed by atoms with Crippen molar-refractivity contribution in [2.75, 3.05) is 0 Å². The predicted molar refractivity (Wildman–Crippen MR) is 76.0 cm³/mol. The van der Waals surface area contributed by atoms with Gasteiger partial charge in [-0.3, -0.25) is 4.79 Å². The Balaban J connectivity index is 1.99. The summed E-state index contributed by atoms with van der Waals surface area (Å²) in [6, 6.07) is 10.3. The van der Waals surface area contributed by atoms with Gasteiger partial charge in [0.25, 0.3) is 11.5 Å². The molecule has 0 aromatic heterocycles. The molecule has 0 fully saturated rings. The van der Waals surface area contributed by atoms with Gasteiger partial charge in [0.05, 0.1) is 17.2 Å². The first-order valence-corrected chi connectivity index (χ1v) is 6.59. The van der Waals surface area contributed by atoms with E-state index in [1.807, 2.05) is 6.07 Å². The third kappa shape index (κ3) is 2.67. The van der Waals surface area contributed by atoms with Crippen LogP contribution in [0, 0.1) is 16.5 Å². The molecule has 0 radical (unpaired) electrons. The van der Waals surface area contributed by atoms with Crippen LogP contribution in [-0.2, 0) is 0 Å². The molecule has 0 saturated carbocycles. The summed E-state index contributed by atoms with van der Waals surface area (Å²) in [5, 5.41) is 21.2. The third-order valence-electron chi connectivity index (χ3n) is 3.37. The topological polar surface area (TPSA) is 76.2 Å². The zero-order chi connectivity index (χ0) is 17.5. The normalized spacial score (nSPS) is 13.7. The number of ether oxygens (including phenoxy) is 1. The molecule has 0 saturated heterocycles. The summed E-state index contributed by atoms with van der Waals surface area (Å²) in [6.45, 7) is 0. The fraction of sp³-hybridized carbons (Fsp3) is 0.0625. The molecule has 1 aliphatic heterocycles. The lowest BCUT2D eigenvalue weighted by Crippen LogP contribution is -2.18. The highest BCUT2D eigenvalue weighted by Gasteiger charge is 2.37. The SMILES string of the molecule is N#Cc1ccc2c(c1)[N+]([O-])=C(c1ccc(OC(F)(F)F)cc1)C2=O. The van der Waals surface area contributed by atoms with E-state index in [9.17, 15) is 23.2 Å². The van der Waals surface area contributed by atoms with Crippen molar-refractivity contribution in [1.82, 2.24) is 0 Å². The Morgan fingerprint density at radius 3 is 2.38 bits per heavy atom. The highest BCUT2D eigenvalue weighted by Crippen LogP contribution is 2.30. The summed E-state index contributed by atoms with van der Waals surface area (Å²) in [7, 11) is 0. The summed E-state index contributed by atoms with van der Waals surface area (Å²) in [6.07, 6.45) is -4.83. The average molecular weight is 332 g/mol. The molecule has 24 heavy (non-hydrogen) atoms. The maximum Gasteiger partial charge on any atom is 0.573 e. The number of ketones is 1. The van der Waals surface area contributed by atoms with Crippen molar-refractivity contribution < 1.29 is 27.4 Å². The number of rotatable bonds is 2. The number of hydrogen-bond acceptors (Lipinski definition) is 4. The van der Waals surface area contributed by atoms with Crippen LogP contribution in [0.4, 0.5) is 18.9 Å². The Morgan fingerprint density at radius 2 is 1.79 bits per heavy atom. The van der Waals surface area contributed by atoms with Gasteiger partial charge in [0, 0.05) is 6.07 Å². The van der Waals surface area contributed by atoms with Crippen molar-refractivity contribution in [3.8, 4) is 11.8 Å². The largest absolute Gasteiger partial charge is 0.618 e. The van der Waals surface area contributed by atoms with E-state index >= 15 is 0 Å². The lowest BCUT2D eigenvalue weighted by Gasteiger charge is -2.08. The van der Waals surface area contributed by atoms with Crippen molar-refractivity contribution >= 4 is 17.2 Å². The van der Waals surface area contributed by atoms with Crippen LogP contribution in [0.25, 0.3) is 0 Å². The van der Waals surface area contributed by atoms with Crippen molar-refractivity contribution in [1.29, 1.82) is 5.26 Å². The molecular formula is C16H7F3N2O3. The molecule has 3 rings (SSSR count). The van der Waals surface area contributed by atoms with Gasteiger partial charge in [0.15, 0.2) is 0 Å². The first-order valence-electron chi connectivity index (χ1n) is 6.59. The zero-order valence-corrected chi connectivity index (χ0v) is 11.8. The number of nitrogens with zero attached hydrogens (tertiary/aromatic N) is 2. The van der Waals surface area contributed by atoms with E-state index in [-0.39, 0.29) is 28.1 Å². The molecule has 0 unspecified atom stereocenters. The van der Waals surface area contributed by atoms with Crippen molar-refractivity contribution in [3.63, 3.8) is 0 Å². The van der Waals surface area contributed by atoms with Gasteiger partial charge in [-0.25, -0.2) is 0 Å². The Morgan fingerprint density at radius 1 is 1.12 bits per heavy atom. The molecule has 0 N–H and O–H groups in total. The van der Waals surface area contributed by atoms with E-state index in [0.717, 1.165) is 12.1 Å². The number of hydrogen-bond donors (Lipinski definition) is 0. The number of fused-ring (bicyclic) bond motifs is 1. The minimum atomic E-state index is -4.83. The fourth-order valence-corrected chi connectivity index (χ4v) is 2.36. The van der Waals surface area contributed by atoms with Crippen LogP contribution in [0.1, 0.15) is 21.5 Å². The highest BCUT2D eigenvalue weighted by molar-refractivity contribution is 6.52. The summed E-state index contributed by atoms with van der Waals surface area (Å²) >= 11 is 0. The maximum atomic E-state index is 12.3. The van der Waals surface area contributed by atoms with Crippen LogP contribution in [-0.4, -0.2) is 22.6 Å². The summed E-state index contributed by atoms with van der Waals surface area (Å²) in [5.41, 5.74) is 0.315. The second-order valence-electron chi connectivity index (χ2n) is 4.89. The van der Waals surface area contributed by atoms with Crippen molar-refractivity contribution in [3.05, 3.63) is 64.4 Å². The first kappa shape index (κ1) is 15.6. The number of alkyl halides is 3. The number of carbonyl (C=O) groups is 1. The maximum absolute atomic E-state index is 12.3. The van der Waals surface area contributed by atoms with Gasteiger partial charge < -0.3 is 9.94 Å². The van der Waals surface area contributed by atoms with E-state index in [1.54, 1.807) is 0 Å². The number of nitriles is 1. The third-order valence-corrected chi connectivity index (χ3v) is 3.37. The standard InChI is InChI=1S/C16H7F3N2O3/c17-16(18,19)24-11-4-2-10(3-5-11)14-15(22)12-6-1-9(8-20)7-13(12)21(14)23/h1-7H. The molecule has 0 spiro atoms. The quantitative estimate of drug-likeness (QED) is 0.625. The molecular weight excluding hydrogens is 325 g/mol. The summed E-state index contributed by atoms with van der Waals surface area (Å²) < 4.78 is 40.6. The molecule has 0 bridgehead atoms. The van der Waals surface area contributed by atoms with Gasteiger partial charge in [-0.2, -0.15) is 10.0 Å². The van der Waals surface area contributed by atoms with Crippen LogP contribution in [0.5, 0.6) is 5.75 Å². The lowest BCUT2D eigenvalue weighted by molar-refractivity contribution is -0.355. The van der Waals surface area contributed by atoms with E-state index in [4.69, 9.17) is 5.26 Å². The molecule has 8 heteroatoms. The Kier molecular flexibility index (Phi) is 3.49. The number of Topliss-reactive ketones (excluding diaryl/α,β-unsaturated/α-hetero) is 1. The van der Waals surface area contributed by atoms with Crippen LogP contribution in [0.3, 0.4) is 0 Å². The zero-order valence-electron chi connectivity index (χ0n) is 11.8. The summed E-state index contributed by atoms with van der Waals surface area (Å²) in [4.78, 5) is 12.3. The average Bonchev–Trinajstić information content (AvgIpc) is 2.78. The second-order valence-corrected chi connectivity index (χ2v) is 4.89. The van der Waals surface area contributed by atoms with Gasteiger partial charge in [-0.15, -0.1) is 13.2 Å². The van der Waals surface area contributed by atoms with Crippen LogP contribution >= 0.6 is 0 Å². The molecule has 5 nitrogen and oxygen atoms in total. The Labute approximate surface area is 133 Å². The predicted octanol–water partition coefficient (Wildman–Crippen LogP) is 3.28. The van der Waals surface area contributed by atoms with Crippen molar-refractivity contribution in [2.45, 2.75) is 6.36 Å². The first-order chi connectivity index (χ1) is 11.3. The fourth-order valence-electron chi connectivity index (χ4n) is 2.36. The Hall–Kier alpha value is -3.34. The molecule has 0 aliphatic carbocycles. The van der Waals surface area contributed by atoms with E-state index in [0.29, 0.717) is 4.74 Å². The molecule has 1 aliphatic rings. The van der Waals surface area contributed by atoms with Gasteiger partial charge in [-0.1, -0.05) is 0 Å². The van der Waals surface area contributed by atoms with Crippen LogP contribution in [0.15, 0.2) is 42.5 Å².